The molecule has 1 saturated carbocycles. The molecular weight excluding hydrogens is 351 g/mol. The molecule has 1 aliphatic carbocycles. The molecule has 0 radical (unpaired) electrons. The number of aromatic nitrogens is 3. The highest BCUT2D eigenvalue weighted by atomic mass is 19.4. The molecular formula is C21H20F3N3. The van der Waals surface area contributed by atoms with Crippen molar-refractivity contribution >= 4 is 17.1 Å². The van der Waals surface area contributed by atoms with Crippen LogP contribution in [0.15, 0.2) is 42.6 Å². The minimum absolute atomic E-state index is 0.474. The number of imidazole rings is 1. The molecule has 140 valence electrons. The van der Waals surface area contributed by atoms with Crippen molar-refractivity contribution in [2.75, 3.05) is 0 Å². The zero-order valence-corrected chi connectivity index (χ0v) is 14.8. The molecule has 0 aliphatic heterocycles. The molecule has 6 heteroatoms. The third-order valence-corrected chi connectivity index (χ3v) is 5.06. The second-order valence-corrected chi connectivity index (χ2v) is 7.04. The number of pyridine rings is 1. The number of nitrogens with zero attached hydrogens (tertiary/aromatic N) is 2. The number of halogens is 3. The van der Waals surface area contributed by atoms with Crippen molar-refractivity contribution in [1.29, 1.82) is 0 Å². The first-order valence-corrected chi connectivity index (χ1v) is 9.21. The number of hydrogen-bond donors (Lipinski definition) is 1. The Labute approximate surface area is 155 Å². The lowest BCUT2D eigenvalue weighted by atomic mass is 9.89. The van der Waals surface area contributed by atoms with E-state index in [0.717, 1.165) is 22.9 Å². The number of alkyl halides is 3. The van der Waals surface area contributed by atoms with E-state index in [1.165, 1.54) is 38.3 Å². The molecule has 1 aliphatic rings. The fourth-order valence-corrected chi connectivity index (χ4v) is 3.60. The predicted molar refractivity (Wildman–Crippen MR) is 99.9 cm³/mol. The topological polar surface area (TPSA) is 41.6 Å². The van der Waals surface area contributed by atoms with Gasteiger partial charge in [-0.1, -0.05) is 31.4 Å². The first-order valence-electron chi connectivity index (χ1n) is 9.21. The van der Waals surface area contributed by atoms with Gasteiger partial charge >= 0.3 is 6.18 Å². The molecule has 0 unspecified atom stereocenters. The fourth-order valence-electron chi connectivity index (χ4n) is 3.60. The van der Waals surface area contributed by atoms with Crippen LogP contribution in [0.4, 0.5) is 13.2 Å². The molecule has 0 bridgehead atoms. The number of hydrogen-bond acceptors (Lipinski definition) is 2. The van der Waals surface area contributed by atoms with Crippen LogP contribution < -0.4 is 0 Å². The minimum Gasteiger partial charge on any atom is -0.338 e. The number of fused-ring (bicyclic) bond motifs is 1. The number of benzene rings is 1. The molecule has 0 atom stereocenters. The van der Waals surface area contributed by atoms with Gasteiger partial charge in [-0.3, -0.25) is 4.98 Å². The summed E-state index contributed by atoms with van der Waals surface area (Å²) in [5.41, 5.74) is 1.87. The van der Waals surface area contributed by atoms with Crippen LogP contribution in [0.25, 0.3) is 28.2 Å². The van der Waals surface area contributed by atoms with Crippen LogP contribution in [0, 0.1) is 5.92 Å². The minimum atomic E-state index is -4.45. The Balaban J connectivity index is 1.60. The SMILES string of the molecule is FC(F)(F)c1cc(-c2ccc3[nH]c(C=CC4CCCCC4)nc3c2)ccn1. The number of H-pyrrole nitrogens is 1. The van der Waals surface area contributed by atoms with Crippen molar-refractivity contribution in [3.63, 3.8) is 0 Å². The Bertz CT molecular complexity index is 966. The summed E-state index contributed by atoms with van der Waals surface area (Å²) < 4.78 is 38.7. The standard InChI is InChI=1S/C21H20F3N3/c22-21(23,24)19-13-16(10-11-25-19)15-7-8-17-18(12-15)27-20(26-17)9-6-14-4-2-1-3-5-14/h6-14H,1-5H2,(H,26,27). The van der Waals surface area contributed by atoms with Crippen molar-refractivity contribution in [3.8, 4) is 11.1 Å². The molecule has 3 aromatic rings. The van der Waals surface area contributed by atoms with Crippen molar-refractivity contribution in [2.45, 2.75) is 38.3 Å². The van der Waals surface area contributed by atoms with Crippen LogP contribution in [-0.2, 0) is 6.18 Å². The second kappa shape index (κ2) is 7.18. The summed E-state index contributed by atoms with van der Waals surface area (Å²) >= 11 is 0. The fraction of sp³-hybridized carbons (Fsp3) is 0.333. The lowest BCUT2D eigenvalue weighted by Gasteiger charge is -2.17. The van der Waals surface area contributed by atoms with Crippen LogP contribution in [-0.4, -0.2) is 15.0 Å². The Morgan fingerprint density at radius 2 is 1.78 bits per heavy atom. The molecule has 0 saturated heterocycles. The van der Waals surface area contributed by atoms with Crippen molar-refractivity contribution in [1.82, 2.24) is 15.0 Å². The predicted octanol–water partition coefficient (Wildman–Crippen LogP) is 6.24. The van der Waals surface area contributed by atoms with Gasteiger partial charge in [-0.15, -0.1) is 0 Å². The van der Waals surface area contributed by atoms with E-state index in [4.69, 9.17) is 0 Å². The van der Waals surface area contributed by atoms with E-state index in [2.05, 4.69) is 21.0 Å². The van der Waals surface area contributed by atoms with Gasteiger partial charge in [0.1, 0.15) is 11.5 Å². The molecule has 1 N–H and O–H groups in total. The molecule has 3 nitrogen and oxygen atoms in total. The van der Waals surface area contributed by atoms with E-state index in [9.17, 15) is 13.2 Å². The highest BCUT2D eigenvalue weighted by Gasteiger charge is 2.32. The summed E-state index contributed by atoms with van der Waals surface area (Å²) in [4.78, 5) is 11.2. The van der Waals surface area contributed by atoms with Crippen LogP contribution >= 0.6 is 0 Å². The molecule has 1 fully saturated rings. The third-order valence-electron chi connectivity index (χ3n) is 5.06. The van der Waals surface area contributed by atoms with Gasteiger partial charge in [0, 0.05) is 6.20 Å². The van der Waals surface area contributed by atoms with Gasteiger partial charge < -0.3 is 4.98 Å². The quantitative estimate of drug-likeness (QED) is 0.592. The van der Waals surface area contributed by atoms with E-state index < -0.39 is 11.9 Å². The highest BCUT2D eigenvalue weighted by Crippen LogP contribution is 2.31. The maximum absolute atomic E-state index is 12.9. The smallest absolute Gasteiger partial charge is 0.338 e. The van der Waals surface area contributed by atoms with Crippen molar-refractivity contribution in [3.05, 3.63) is 54.1 Å². The summed E-state index contributed by atoms with van der Waals surface area (Å²) in [6.07, 6.45) is 7.31. The number of rotatable bonds is 3. The van der Waals surface area contributed by atoms with Crippen molar-refractivity contribution < 1.29 is 13.2 Å². The van der Waals surface area contributed by atoms with E-state index in [-0.39, 0.29) is 0 Å². The van der Waals surface area contributed by atoms with Crippen LogP contribution in [0.3, 0.4) is 0 Å². The van der Waals surface area contributed by atoms with Gasteiger partial charge in [0.2, 0.25) is 0 Å². The molecule has 27 heavy (non-hydrogen) atoms. The van der Waals surface area contributed by atoms with Crippen LogP contribution in [0.5, 0.6) is 0 Å². The second-order valence-electron chi connectivity index (χ2n) is 7.04. The van der Waals surface area contributed by atoms with E-state index >= 15 is 0 Å². The van der Waals surface area contributed by atoms with Gasteiger partial charge in [-0.2, -0.15) is 13.2 Å². The Kier molecular flexibility index (Phi) is 4.72. The summed E-state index contributed by atoms with van der Waals surface area (Å²) in [6, 6.07) is 8.10. The molecule has 0 amide bonds. The number of nitrogens with one attached hydrogen (secondary N) is 1. The van der Waals surface area contributed by atoms with E-state index in [1.807, 2.05) is 12.1 Å². The Morgan fingerprint density at radius 1 is 1.00 bits per heavy atom. The summed E-state index contributed by atoms with van der Waals surface area (Å²) in [7, 11) is 0. The first kappa shape index (κ1) is 17.8. The molecule has 2 aromatic heterocycles. The molecule has 2 heterocycles. The zero-order chi connectivity index (χ0) is 18.9. The third kappa shape index (κ3) is 4.04. The average Bonchev–Trinajstić information content (AvgIpc) is 3.09. The van der Waals surface area contributed by atoms with Crippen molar-refractivity contribution in [2.24, 2.45) is 5.92 Å². The Hall–Kier alpha value is -2.63. The zero-order valence-electron chi connectivity index (χ0n) is 14.8. The largest absolute Gasteiger partial charge is 0.433 e. The Morgan fingerprint density at radius 3 is 2.56 bits per heavy atom. The normalized spacial score (nSPS) is 16.4. The van der Waals surface area contributed by atoms with Gasteiger partial charge in [0.05, 0.1) is 11.0 Å². The lowest BCUT2D eigenvalue weighted by Crippen LogP contribution is -2.07. The maximum Gasteiger partial charge on any atom is 0.433 e. The average molecular weight is 371 g/mol. The maximum atomic E-state index is 12.9. The van der Waals surface area contributed by atoms with Gasteiger partial charge in [-0.05, 0) is 60.2 Å². The van der Waals surface area contributed by atoms with E-state index in [0.29, 0.717) is 17.0 Å². The summed E-state index contributed by atoms with van der Waals surface area (Å²) in [6.45, 7) is 0. The summed E-state index contributed by atoms with van der Waals surface area (Å²) in [5.74, 6) is 1.39. The first-order chi connectivity index (χ1) is 13.0. The molecule has 4 rings (SSSR count). The monoisotopic (exact) mass is 371 g/mol. The molecule has 0 spiro atoms. The van der Waals surface area contributed by atoms with E-state index in [1.54, 1.807) is 18.2 Å². The lowest BCUT2D eigenvalue weighted by molar-refractivity contribution is -0.141. The number of aromatic amines is 1. The van der Waals surface area contributed by atoms with Gasteiger partial charge in [0.25, 0.3) is 0 Å². The van der Waals surface area contributed by atoms with Gasteiger partial charge in [-0.25, -0.2) is 4.98 Å². The summed E-state index contributed by atoms with van der Waals surface area (Å²) in [5, 5.41) is 0. The molecule has 1 aromatic carbocycles. The number of allylic oxidation sites excluding steroid dienone is 1. The van der Waals surface area contributed by atoms with Gasteiger partial charge in [0.15, 0.2) is 0 Å². The van der Waals surface area contributed by atoms with Crippen LogP contribution in [0.1, 0.15) is 43.6 Å². The van der Waals surface area contributed by atoms with Crippen LogP contribution in [0.2, 0.25) is 0 Å². The highest BCUT2D eigenvalue weighted by molar-refractivity contribution is 5.83.